The van der Waals surface area contributed by atoms with Crippen LogP contribution < -0.4 is 10.1 Å². The maximum Gasteiger partial charge on any atom is 0.160 e. The third-order valence-corrected chi connectivity index (χ3v) is 4.94. The zero-order valence-corrected chi connectivity index (χ0v) is 14.3. The highest BCUT2D eigenvalue weighted by Gasteiger charge is 2.25. The van der Waals surface area contributed by atoms with Crippen LogP contribution in [0.3, 0.4) is 0 Å². The second-order valence-corrected chi connectivity index (χ2v) is 6.69. The van der Waals surface area contributed by atoms with Crippen molar-refractivity contribution in [3.05, 3.63) is 57.7 Å². The lowest BCUT2D eigenvalue weighted by Crippen LogP contribution is -2.30. The minimum absolute atomic E-state index is 0.0689. The molecule has 1 atom stereocenters. The number of halogens is 1. The Labute approximate surface area is 142 Å². The van der Waals surface area contributed by atoms with E-state index in [1.54, 1.807) is 13.2 Å². The average molecular weight is 373 g/mol. The number of nitrogens with one attached hydrogen (secondary N) is 2. The van der Waals surface area contributed by atoms with E-state index in [-0.39, 0.29) is 11.8 Å². The summed E-state index contributed by atoms with van der Waals surface area (Å²) >= 11 is 3.56. The number of ether oxygens (including phenoxy) is 1. The van der Waals surface area contributed by atoms with E-state index in [9.17, 15) is 5.11 Å². The molecule has 4 rings (SSSR count). The molecule has 1 aliphatic rings. The number of fused-ring (bicyclic) bond motifs is 3. The summed E-state index contributed by atoms with van der Waals surface area (Å²) in [5.74, 6) is 0.656. The highest BCUT2D eigenvalue weighted by molar-refractivity contribution is 9.10. The Bertz CT molecular complexity index is 888. The number of rotatable bonds is 2. The molecule has 0 fully saturated rings. The minimum atomic E-state index is 0.0689. The van der Waals surface area contributed by atoms with Gasteiger partial charge in [-0.1, -0.05) is 22.0 Å². The highest BCUT2D eigenvalue weighted by Crippen LogP contribution is 2.37. The van der Waals surface area contributed by atoms with Gasteiger partial charge in [-0.15, -0.1) is 0 Å². The van der Waals surface area contributed by atoms with Crippen LogP contribution in [0.1, 0.15) is 22.9 Å². The molecule has 0 bridgehead atoms. The summed E-state index contributed by atoms with van der Waals surface area (Å²) in [6, 6.07) is 11.9. The van der Waals surface area contributed by atoms with Crippen molar-refractivity contribution in [1.82, 2.24) is 10.3 Å². The smallest absolute Gasteiger partial charge is 0.160 e. The van der Waals surface area contributed by atoms with Gasteiger partial charge in [0.15, 0.2) is 11.5 Å². The average Bonchev–Trinajstić information content (AvgIpc) is 2.93. The molecule has 2 heterocycles. The molecule has 3 aromatic rings. The Morgan fingerprint density at radius 3 is 2.91 bits per heavy atom. The van der Waals surface area contributed by atoms with Gasteiger partial charge in [-0.3, -0.25) is 0 Å². The second-order valence-electron chi connectivity index (χ2n) is 5.78. The van der Waals surface area contributed by atoms with Crippen LogP contribution in [-0.2, 0) is 6.42 Å². The predicted molar refractivity (Wildman–Crippen MR) is 94.2 cm³/mol. The van der Waals surface area contributed by atoms with Crippen molar-refractivity contribution in [2.45, 2.75) is 12.5 Å². The first-order valence-electron chi connectivity index (χ1n) is 7.57. The van der Waals surface area contributed by atoms with Crippen molar-refractivity contribution in [2.24, 2.45) is 0 Å². The SMILES string of the molecule is COc1cc(C2NCCc3c2[nH]c2ccc(Br)cc32)ccc1O. The van der Waals surface area contributed by atoms with Gasteiger partial charge < -0.3 is 20.1 Å². The Balaban J connectivity index is 1.86. The number of phenols is 1. The van der Waals surface area contributed by atoms with Crippen LogP contribution in [0, 0.1) is 0 Å². The largest absolute Gasteiger partial charge is 0.504 e. The molecule has 3 N–H and O–H groups in total. The fraction of sp³-hybridized carbons (Fsp3) is 0.222. The number of hydrogen-bond acceptors (Lipinski definition) is 3. The Morgan fingerprint density at radius 1 is 1.22 bits per heavy atom. The van der Waals surface area contributed by atoms with Gasteiger partial charge in [0.25, 0.3) is 0 Å². The number of aromatic amines is 1. The fourth-order valence-corrected chi connectivity index (χ4v) is 3.72. The number of methoxy groups -OCH3 is 1. The fourth-order valence-electron chi connectivity index (χ4n) is 3.36. The maximum absolute atomic E-state index is 9.82. The lowest BCUT2D eigenvalue weighted by Gasteiger charge is -2.25. The molecule has 1 unspecified atom stereocenters. The van der Waals surface area contributed by atoms with Gasteiger partial charge in [0.2, 0.25) is 0 Å². The molecule has 0 saturated carbocycles. The quantitative estimate of drug-likeness (QED) is 0.639. The van der Waals surface area contributed by atoms with Crippen LogP contribution in [0.15, 0.2) is 40.9 Å². The molecule has 0 saturated heterocycles. The first-order chi connectivity index (χ1) is 11.2. The Hall–Kier alpha value is -1.98. The van der Waals surface area contributed by atoms with Gasteiger partial charge in [-0.25, -0.2) is 0 Å². The summed E-state index contributed by atoms with van der Waals surface area (Å²) in [5, 5.41) is 14.6. The van der Waals surface area contributed by atoms with Gasteiger partial charge in [0, 0.05) is 27.6 Å². The van der Waals surface area contributed by atoms with Crippen molar-refractivity contribution in [2.75, 3.05) is 13.7 Å². The number of H-pyrrole nitrogens is 1. The van der Waals surface area contributed by atoms with E-state index in [4.69, 9.17) is 4.74 Å². The summed E-state index contributed by atoms with van der Waals surface area (Å²) in [6.07, 6.45) is 0.998. The van der Waals surface area contributed by atoms with Gasteiger partial charge in [-0.05, 0) is 47.9 Å². The lowest BCUT2D eigenvalue weighted by atomic mass is 9.94. The molecule has 0 spiro atoms. The van der Waals surface area contributed by atoms with Crippen LogP contribution >= 0.6 is 15.9 Å². The first-order valence-corrected chi connectivity index (χ1v) is 8.37. The Morgan fingerprint density at radius 2 is 2.09 bits per heavy atom. The van der Waals surface area contributed by atoms with Gasteiger partial charge in [-0.2, -0.15) is 0 Å². The van der Waals surface area contributed by atoms with Crippen LogP contribution in [0.4, 0.5) is 0 Å². The van der Waals surface area contributed by atoms with Crippen LogP contribution in [0.5, 0.6) is 11.5 Å². The van der Waals surface area contributed by atoms with Gasteiger partial charge in [0.05, 0.1) is 13.2 Å². The Kier molecular flexibility index (Phi) is 3.54. The molecule has 1 aromatic heterocycles. The number of hydrogen-bond donors (Lipinski definition) is 3. The number of phenolic OH excluding ortho intramolecular Hbond substituents is 1. The molecule has 5 heteroatoms. The summed E-state index contributed by atoms with van der Waals surface area (Å²) < 4.78 is 6.34. The summed E-state index contributed by atoms with van der Waals surface area (Å²) in [5.41, 5.74) is 4.78. The van der Waals surface area contributed by atoms with E-state index in [1.165, 1.54) is 16.6 Å². The monoisotopic (exact) mass is 372 g/mol. The van der Waals surface area contributed by atoms with Gasteiger partial charge >= 0.3 is 0 Å². The van der Waals surface area contributed by atoms with Gasteiger partial charge in [0.1, 0.15) is 0 Å². The first kappa shape index (κ1) is 14.6. The summed E-state index contributed by atoms with van der Waals surface area (Å²) in [4.78, 5) is 3.56. The number of aromatic hydroxyl groups is 1. The zero-order chi connectivity index (χ0) is 16.0. The van der Waals surface area contributed by atoms with E-state index in [1.807, 2.05) is 12.1 Å². The summed E-state index contributed by atoms with van der Waals surface area (Å²) in [6.45, 7) is 0.917. The van der Waals surface area contributed by atoms with Crippen molar-refractivity contribution >= 4 is 26.8 Å². The van der Waals surface area contributed by atoms with E-state index < -0.39 is 0 Å². The third kappa shape index (κ3) is 2.40. The van der Waals surface area contributed by atoms with E-state index in [2.05, 4.69) is 44.4 Å². The molecule has 23 heavy (non-hydrogen) atoms. The standard InChI is InChI=1S/C18H17BrN2O2/c1-23-16-8-10(2-5-15(16)22)17-18-12(6-7-20-17)13-9-11(19)3-4-14(13)21-18/h2-5,8-9,17,20-22H,6-7H2,1H3. The lowest BCUT2D eigenvalue weighted by molar-refractivity contribution is 0.372. The zero-order valence-electron chi connectivity index (χ0n) is 12.7. The molecule has 118 valence electrons. The normalized spacial score (nSPS) is 17.2. The molecule has 0 radical (unpaired) electrons. The van der Waals surface area contributed by atoms with Crippen molar-refractivity contribution in [3.8, 4) is 11.5 Å². The molecular weight excluding hydrogens is 356 g/mol. The van der Waals surface area contributed by atoms with Crippen molar-refractivity contribution in [3.63, 3.8) is 0 Å². The highest BCUT2D eigenvalue weighted by atomic mass is 79.9. The predicted octanol–water partition coefficient (Wildman–Crippen LogP) is 3.88. The molecule has 0 amide bonds. The van der Waals surface area contributed by atoms with Crippen LogP contribution in [0.25, 0.3) is 10.9 Å². The van der Waals surface area contributed by atoms with E-state index in [0.717, 1.165) is 28.5 Å². The summed E-state index contributed by atoms with van der Waals surface area (Å²) in [7, 11) is 1.57. The van der Waals surface area contributed by atoms with Crippen molar-refractivity contribution < 1.29 is 9.84 Å². The molecule has 2 aromatic carbocycles. The van der Waals surface area contributed by atoms with Crippen molar-refractivity contribution in [1.29, 1.82) is 0 Å². The second kappa shape index (κ2) is 5.58. The molecular formula is C18H17BrN2O2. The number of benzene rings is 2. The number of aromatic nitrogens is 1. The molecule has 0 aliphatic carbocycles. The van der Waals surface area contributed by atoms with E-state index in [0.29, 0.717) is 5.75 Å². The van der Waals surface area contributed by atoms with Crippen LogP contribution in [0.2, 0.25) is 0 Å². The third-order valence-electron chi connectivity index (χ3n) is 4.45. The molecule has 4 nitrogen and oxygen atoms in total. The topological polar surface area (TPSA) is 57.3 Å². The minimum Gasteiger partial charge on any atom is -0.504 e. The van der Waals surface area contributed by atoms with E-state index >= 15 is 0 Å². The molecule has 1 aliphatic heterocycles. The van der Waals surface area contributed by atoms with Crippen LogP contribution in [-0.4, -0.2) is 23.7 Å². The maximum atomic E-state index is 9.82.